The molecule has 1 aromatic heterocycles. The number of nitrogens with zero attached hydrogens (tertiary/aromatic N) is 2. The molecule has 1 amide bonds. The number of hydrogen-bond acceptors (Lipinski definition) is 6. The molecule has 0 atom stereocenters. The molecule has 0 radical (unpaired) electrons. The van der Waals surface area contributed by atoms with Gasteiger partial charge in [0.05, 0.1) is 6.42 Å². The van der Waals surface area contributed by atoms with Gasteiger partial charge in [0.15, 0.2) is 11.5 Å². The highest BCUT2D eigenvalue weighted by Gasteiger charge is 2.14. The fraction of sp³-hybridized carbons (Fsp3) is 0.174. The fourth-order valence-electron chi connectivity index (χ4n) is 3.09. The Morgan fingerprint density at radius 3 is 2.80 bits per heavy atom. The van der Waals surface area contributed by atoms with Gasteiger partial charge in [-0.3, -0.25) is 4.79 Å². The Balaban J connectivity index is 1.42. The molecule has 1 aliphatic heterocycles. The van der Waals surface area contributed by atoms with Crippen molar-refractivity contribution in [1.82, 2.24) is 4.98 Å². The van der Waals surface area contributed by atoms with Crippen LogP contribution in [0, 0.1) is 18.3 Å². The van der Waals surface area contributed by atoms with Crippen LogP contribution in [0.15, 0.2) is 54.7 Å². The molecule has 30 heavy (non-hydrogen) atoms. The van der Waals surface area contributed by atoms with Crippen molar-refractivity contribution >= 4 is 11.6 Å². The van der Waals surface area contributed by atoms with E-state index in [2.05, 4.69) is 10.3 Å². The Morgan fingerprint density at radius 1 is 1.17 bits per heavy atom. The maximum Gasteiger partial charge on any atom is 0.237 e. The zero-order valence-corrected chi connectivity index (χ0v) is 16.3. The molecule has 150 valence electrons. The third-order valence-corrected chi connectivity index (χ3v) is 4.55. The zero-order chi connectivity index (χ0) is 20.9. The first-order valence-electron chi connectivity index (χ1n) is 9.44. The van der Waals surface area contributed by atoms with E-state index >= 15 is 0 Å². The van der Waals surface area contributed by atoms with Crippen LogP contribution < -0.4 is 19.5 Å². The van der Waals surface area contributed by atoms with Crippen molar-refractivity contribution in [3.63, 3.8) is 0 Å². The molecule has 0 fully saturated rings. The van der Waals surface area contributed by atoms with Crippen LogP contribution in [0.1, 0.15) is 16.7 Å². The van der Waals surface area contributed by atoms with Gasteiger partial charge in [0.2, 0.25) is 11.8 Å². The summed E-state index contributed by atoms with van der Waals surface area (Å²) < 4.78 is 16.8. The van der Waals surface area contributed by atoms with Crippen molar-refractivity contribution in [2.75, 3.05) is 18.5 Å². The molecule has 0 spiro atoms. The number of fused-ring (bicyclic) bond motifs is 1. The maximum absolute atomic E-state index is 12.5. The minimum atomic E-state index is -0.139. The van der Waals surface area contributed by atoms with Crippen LogP contribution in [0.2, 0.25) is 0 Å². The third-order valence-electron chi connectivity index (χ3n) is 4.55. The number of nitriles is 1. The van der Waals surface area contributed by atoms with Gasteiger partial charge in [-0.15, -0.1) is 0 Å². The molecule has 0 saturated heterocycles. The summed E-state index contributed by atoms with van der Waals surface area (Å²) in [7, 11) is 0. The summed E-state index contributed by atoms with van der Waals surface area (Å²) in [5.41, 5.74) is 2.71. The lowest BCUT2D eigenvalue weighted by Gasteiger charge is -2.18. The molecule has 2 heterocycles. The van der Waals surface area contributed by atoms with Crippen molar-refractivity contribution in [1.29, 1.82) is 5.26 Å². The Labute approximate surface area is 173 Å². The standard InChI is InChI=1S/C23H19N3O4/c1-15-11-18(30-23-17(14-24)3-2-8-25-23)5-6-19(15)26-22(27)13-16-4-7-20-21(12-16)29-10-9-28-20/h2-8,11-12H,9-10,13H2,1H3,(H,26,27). The van der Waals surface area contributed by atoms with Gasteiger partial charge in [0.25, 0.3) is 0 Å². The number of rotatable bonds is 5. The van der Waals surface area contributed by atoms with E-state index in [4.69, 9.17) is 19.5 Å². The summed E-state index contributed by atoms with van der Waals surface area (Å²) in [5, 5.41) is 12.1. The molecule has 1 aliphatic rings. The molecule has 4 rings (SSSR count). The minimum absolute atomic E-state index is 0.139. The van der Waals surface area contributed by atoms with Gasteiger partial charge >= 0.3 is 0 Å². The highest BCUT2D eigenvalue weighted by Crippen LogP contribution is 2.31. The highest BCUT2D eigenvalue weighted by molar-refractivity contribution is 5.93. The molecular formula is C23H19N3O4. The predicted molar refractivity (Wildman–Crippen MR) is 110 cm³/mol. The van der Waals surface area contributed by atoms with E-state index in [9.17, 15) is 4.79 Å². The molecular weight excluding hydrogens is 382 g/mol. The van der Waals surface area contributed by atoms with Crippen LogP contribution in [0.3, 0.4) is 0 Å². The molecule has 7 heteroatoms. The predicted octanol–water partition coefficient (Wildman–Crippen LogP) is 4.01. The lowest BCUT2D eigenvalue weighted by atomic mass is 10.1. The smallest absolute Gasteiger partial charge is 0.237 e. The van der Waals surface area contributed by atoms with Crippen molar-refractivity contribution < 1.29 is 19.0 Å². The molecule has 0 bridgehead atoms. The number of nitrogens with one attached hydrogen (secondary N) is 1. The molecule has 0 saturated carbocycles. The number of carbonyl (C=O) groups excluding carboxylic acids is 1. The van der Waals surface area contributed by atoms with Crippen LogP contribution in [0.5, 0.6) is 23.1 Å². The third kappa shape index (κ3) is 4.33. The molecule has 2 aromatic carbocycles. The van der Waals surface area contributed by atoms with Crippen molar-refractivity contribution in [3.8, 4) is 29.2 Å². The van der Waals surface area contributed by atoms with Gasteiger partial charge in [-0.25, -0.2) is 4.98 Å². The van der Waals surface area contributed by atoms with Crippen LogP contribution >= 0.6 is 0 Å². The van der Waals surface area contributed by atoms with Crippen LogP contribution in [-0.2, 0) is 11.2 Å². The summed E-state index contributed by atoms with van der Waals surface area (Å²) in [4.78, 5) is 16.6. The van der Waals surface area contributed by atoms with E-state index < -0.39 is 0 Å². The quantitative estimate of drug-likeness (QED) is 0.694. The van der Waals surface area contributed by atoms with Gasteiger partial charge in [0.1, 0.15) is 30.6 Å². The number of aromatic nitrogens is 1. The van der Waals surface area contributed by atoms with E-state index in [-0.39, 0.29) is 18.2 Å². The van der Waals surface area contributed by atoms with Gasteiger partial charge in [-0.1, -0.05) is 6.07 Å². The number of ether oxygens (including phenoxy) is 3. The number of hydrogen-bond donors (Lipinski definition) is 1. The first-order chi connectivity index (χ1) is 14.6. The van der Waals surface area contributed by atoms with Gasteiger partial charge < -0.3 is 19.5 Å². The molecule has 1 N–H and O–H groups in total. The largest absolute Gasteiger partial charge is 0.486 e. The van der Waals surface area contributed by atoms with Gasteiger partial charge in [0, 0.05) is 11.9 Å². The summed E-state index contributed by atoms with van der Waals surface area (Å²) >= 11 is 0. The Bertz CT molecular complexity index is 1140. The lowest BCUT2D eigenvalue weighted by Crippen LogP contribution is -2.17. The zero-order valence-electron chi connectivity index (χ0n) is 16.3. The highest BCUT2D eigenvalue weighted by atomic mass is 16.6. The Morgan fingerprint density at radius 2 is 2.00 bits per heavy atom. The summed E-state index contributed by atoms with van der Waals surface area (Å²) in [6.07, 6.45) is 1.78. The number of anilines is 1. The first-order valence-corrected chi connectivity index (χ1v) is 9.44. The average Bonchev–Trinajstić information content (AvgIpc) is 2.76. The fourth-order valence-corrected chi connectivity index (χ4v) is 3.09. The van der Waals surface area contributed by atoms with Gasteiger partial charge in [-0.2, -0.15) is 5.26 Å². The maximum atomic E-state index is 12.5. The van der Waals surface area contributed by atoms with E-state index in [0.29, 0.717) is 41.7 Å². The number of benzene rings is 2. The molecule has 7 nitrogen and oxygen atoms in total. The number of pyridine rings is 1. The minimum Gasteiger partial charge on any atom is -0.486 e. The van der Waals surface area contributed by atoms with Crippen LogP contribution in [0.4, 0.5) is 5.69 Å². The molecule has 0 aliphatic carbocycles. The Hall–Kier alpha value is -4.05. The van der Waals surface area contributed by atoms with E-state index in [0.717, 1.165) is 11.1 Å². The average molecular weight is 401 g/mol. The normalized spacial score (nSPS) is 12.0. The van der Waals surface area contributed by atoms with Crippen molar-refractivity contribution in [2.24, 2.45) is 0 Å². The summed E-state index contributed by atoms with van der Waals surface area (Å²) in [5.74, 6) is 2.00. The molecule has 3 aromatic rings. The van der Waals surface area contributed by atoms with Crippen molar-refractivity contribution in [3.05, 3.63) is 71.4 Å². The second-order valence-corrected chi connectivity index (χ2v) is 6.75. The molecule has 0 unspecified atom stereocenters. The van der Waals surface area contributed by atoms with E-state index in [1.165, 1.54) is 0 Å². The number of aryl methyl sites for hydroxylation is 1. The van der Waals surface area contributed by atoms with Crippen LogP contribution in [0.25, 0.3) is 0 Å². The monoisotopic (exact) mass is 401 g/mol. The van der Waals surface area contributed by atoms with Crippen LogP contribution in [-0.4, -0.2) is 24.1 Å². The number of amides is 1. The number of carbonyl (C=O) groups is 1. The van der Waals surface area contributed by atoms with E-state index in [1.807, 2.05) is 31.2 Å². The first kappa shape index (κ1) is 19.3. The summed E-state index contributed by atoms with van der Waals surface area (Å²) in [6.45, 7) is 2.91. The second kappa shape index (κ2) is 8.53. The lowest BCUT2D eigenvalue weighted by molar-refractivity contribution is -0.115. The topological polar surface area (TPSA) is 93.5 Å². The Kier molecular flexibility index (Phi) is 5.48. The SMILES string of the molecule is Cc1cc(Oc2ncccc2C#N)ccc1NC(=O)Cc1ccc2c(c1)OCCO2. The van der Waals surface area contributed by atoms with Gasteiger partial charge in [-0.05, 0) is 60.5 Å². The summed E-state index contributed by atoms with van der Waals surface area (Å²) in [6, 6.07) is 16.2. The van der Waals surface area contributed by atoms with E-state index in [1.54, 1.807) is 36.5 Å². The second-order valence-electron chi connectivity index (χ2n) is 6.75. The van der Waals surface area contributed by atoms with Crippen molar-refractivity contribution in [2.45, 2.75) is 13.3 Å².